The number of aliphatic hydroxyl groups is 1. The number of halogens is 1. The molecule has 8 heteroatoms. The summed E-state index contributed by atoms with van der Waals surface area (Å²) in [5, 5.41) is 11.4. The van der Waals surface area contributed by atoms with Crippen LogP contribution in [0.1, 0.15) is 34.7 Å². The monoisotopic (exact) mass is 604 g/mol. The van der Waals surface area contributed by atoms with Gasteiger partial charge >= 0.3 is 0 Å². The van der Waals surface area contributed by atoms with Gasteiger partial charge in [0.1, 0.15) is 18.1 Å². The van der Waals surface area contributed by atoms with E-state index in [0.29, 0.717) is 44.1 Å². The lowest BCUT2D eigenvalue weighted by Gasteiger charge is -2.29. The molecule has 7 nitrogen and oxygen atoms in total. The van der Waals surface area contributed by atoms with Crippen molar-refractivity contribution in [3.05, 3.63) is 105 Å². The highest BCUT2D eigenvalue weighted by Crippen LogP contribution is 2.40. The highest BCUT2D eigenvalue weighted by Gasteiger charge is 2.45. The number of Topliss-reactive ketones (excluding diaryl/α,β-unsaturated/α-hetero) is 1. The Kier molecular flexibility index (Phi) is 8.99. The van der Waals surface area contributed by atoms with Gasteiger partial charge < -0.3 is 19.5 Å². The van der Waals surface area contributed by atoms with E-state index < -0.39 is 17.7 Å². The molecule has 2 aliphatic rings. The molecule has 1 atom stereocenters. The Morgan fingerprint density at radius 1 is 1.00 bits per heavy atom. The maximum atomic E-state index is 13.3. The zero-order chi connectivity index (χ0) is 28.1. The van der Waals surface area contributed by atoms with E-state index in [9.17, 15) is 14.7 Å². The highest BCUT2D eigenvalue weighted by molar-refractivity contribution is 9.10. The number of morpholine rings is 1. The molecule has 3 aromatic carbocycles. The summed E-state index contributed by atoms with van der Waals surface area (Å²) in [5.41, 5.74) is 3.56. The van der Waals surface area contributed by atoms with Crippen molar-refractivity contribution in [3.63, 3.8) is 0 Å². The predicted molar refractivity (Wildman–Crippen MR) is 157 cm³/mol. The van der Waals surface area contributed by atoms with E-state index in [2.05, 4.69) is 26.9 Å². The van der Waals surface area contributed by atoms with E-state index >= 15 is 0 Å². The molecule has 40 heavy (non-hydrogen) atoms. The van der Waals surface area contributed by atoms with Crippen molar-refractivity contribution in [1.82, 2.24) is 9.80 Å². The number of carbonyl (C=O) groups excluding carboxylic acids is 2. The summed E-state index contributed by atoms with van der Waals surface area (Å²) in [4.78, 5) is 30.5. The number of hydrogen-bond donors (Lipinski definition) is 1. The molecule has 0 spiro atoms. The minimum Gasteiger partial charge on any atom is -0.507 e. The van der Waals surface area contributed by atoms with Crippen LogP contribution in [-0.2, 0) is 20.9 Å². The Hall–Kier alpha value is -3.46. The molecule has 208 valence electrons. The smallest absolute Gasteiger partial charge is 0.295 e. The molecule has 5 rings (SSSR count). The molecule has 0 aliphatic carbocycles. The number of ether oxygens (including phenoxy) is 2. The highest BCUT2D eigenvalue weighted by atomic mass is 79.9. The Bertz CT molecular complexity index is 1380. The second kappa shape index (κ2) is 12.8. The van der Waals surface area contributed by atoms with Crippen LogP contribution in [0.5, 0.6) is 5.75 Å². The van der Waals surface area contributed by atoms with Crippen molar-refractivity contribution in [1.29, 1.82) is 0 Å². The molecule has 0 bridgehead atoms. The summed E-state index contributed by atoms with van der Waals surface area (Å²) in [5.74, 6) is -0.801. The van der Waals surface area contributed by atoms with Gasteiger partial charge in [0.25, 0.3) is 11.7 Å². The first-order valence-electron chi connectivity index (χ1n) is 13.5. The Morgan fingerprint density at radius 3 is 2.42 bits per heavy atom. The average Bonchev–Trinajstić information content (AvgIpc) is 3.22. The van der Waals surface area contributed by atoms with Gasteiger partial charge in [-0.05, 0) is 60.9 Å². The van der Waals surface area contributed by atoms with Crippen LogP contribution in [0.3, 0.4) is 0 Å². The van der Waals surface area contributed by atoms with Gasteiger partial charge in [-0.1, -0.05) is 57.9 Å². The molecule has 0 aromatic heterocycles. The number of aliphatic hydroxyl groups excluding tert-OH is 1. The lowest BCUT2D eigenvalue weighted by atomic mass is 9.95. The van der Waals surface area contributed by atoms with Gasteiger partial charge in [0.2, 0.25) is 0 Å². The number of likely N-dealkylation sites (tertiary alicyclic amines) is 1. The number of hydrogen-bond acceptors (Lipinski definition) is 6. The molecule has 0 radical (unpaired) electrons. The fourth-order valence-electron chi connectivity index (χ4n) is 5.22. The van der Waals surface area contributed by atoms with Crippen molar-refractivity contribution < 1.29 is 24.2 Å². The van der Waals surface area contributed by atoms with E-state index in [1.54, 1.807) is 29.2 Å². The van der Waals surface area contributed by atoms with Gasteiger partial charge in [-0.2, -0.15) is 0 Å². The second-order valence-electron chi connectivity index (χ2n) is 10.2. The third-order valence-corrected chi connectivity index (χ3v) is 7.85. The minimum atomic E-state index is -0.671. The largest absolute Gasteiger partial charge is 0.507 e. The number of rotatable bonds is 9. The van der Waals surface area contributed by atoms with E-state index in [0.717, 1.165) is 35.2 Å². The predicted octanol–water partition coefficient (Wildman–Crippen LogP) is 5.48. The lowest BCUT2D eigenvalue weighted by Crippen LogP contribution is -2.38. The van der Waals surface area contributed by atoms with Crippen LogP contribution in [0.2, 0.25) is 0 Å². The third-order valence-electron chi connectivity index (χ3n) is 7.32. The first-order chi connectivity index (χ1) is 19.4. The number of amides is 1. The summed E-state index contributed by atoms with van der Waals surface area (Å²) >= 11 is 3.46. The summed E-state index contributed by atoms with van der Waals surface area (Å²) in [6.07, 6.45) is 0.715. The second-order valence-corrected chi connectivity index (χ2v) is 11.1. The van der Waals surface area contributed by atoms with Crippen LogP contribution >= 0.6 is 15.9 Å². The molecular formula is C32H33BrN2O5. The molecule has 0 saturated carbocycles. The lowest BCUT2D eigenvalue weighted by molar-refractivity contribution is -0.140. The molecule has 1 N–H and O–H groups in total. The molecule has 1 amide bonds. The van der Waals surface area contributed by atoms with E-state index in [1.807, 2.05) is 49.4 Å². The zero-order valence-electron chi connectivity index (χ0n) is 22.5. The van der Waals surface area contributed by atoms with Crippen molar-refractivity contribution >= 4 is 33.4 Å². The fourth-order valence-corrected chi connectivity index (χ4v) is 5.49. The van der Waals surface area contributed by atoms with Crippen LogP contribution < -0.4 is 4.74 Å². The summed E-state index contributed by atoms with van der Waals surface area (Å²) in [6.45, 7) is 6.81. The van der Waals surface area contributed by atoms with Crippen LogP contribution in [0.15, 0.2) is 82.8 Å². The third kappa shape index (κ3) is 6.46. The van der Waals surface area contributed by atoms with Gasteiger partial charge in [0, 0.05) is 36.2 Å². The van der Waals surface area contributed by atoms with Gasteiger partial charge in [0.05, 0.1) is 24.8 Å². The average molecular weight is 606 g/mol. The topological polar surface area (TPSA) is 79.3 Å². The number of carbonyl (C=O) groups is 2. The number of ketones is 1. The maximum absolute atomic E-state index is 13.3. The molecule has 2 aliphatic heterocycles. The van der Waals surface area contributed by atoms with Gasteiger partial charge in [-0.3, -0.25) is 14.5 Å². The van der Waals surface area contributed by atoms with E-state index in [-0.39, 0.29) is 11.3 Å². The summed E-state index contributed by atoms with van der Waals surface area (Å²) in [7, 11) is 0. The van der Waals surface area contributed by atoms with Crippen molar-refractivity contribution in [2.75, 3.05) is 39.4 Å². The SMILES string of the molecule is Cc1cccc(COc2ccc(C(O)=C3C(=O)C(=O)N(CCCN4CCOCC4)C3c3ccc(Br)cc3)cc2)c1. The van der Waals surface area contributed by atoms with Crippen molar-refractivity contribution in [2.24, 2.45) is 0 Å². The van der Waals surface area contributed by atoms with Crippen molar-refractivity contribution in [3.8, 4) is 5.75 Å². The van der Waals surface area contributed by atoms with Crippen molar-refractivity contribution in [2.45, 2.75) is 26.0 Å². The normalized spacial score (nSPS) is 19.2. The zero-order valence-corrected chi connectivity index (χ0v) is 24.1. The Morgan fingerprint density at radius 2 is 1.73 bits per heavy atom. The minimum absolute atomic E-state index is 0.104. The Balaban J connectivity index is 1.38. The molecular weight excluding hydrogens is 572 g/mol. The number of nitrogens with zero attached hydrogens (tertiary/aromatic N) is 2. The summed E-state index contributed by atoms with van der Waals surface area (Å²) in [6, 6.07) is 21.9. The molecule has 2 heterocycles. The van der Waals surface area contributed by atoms with Crippen LogP contribution in [0.25, 0.3) is 5.76 Å². The first-order valence-corrected chi connectivity index (χ1v) is 14.3. The first kappa shape index (κ1) is 28.1. The van der Waals surface area contributed by atoms with Crippen LogP contribution in [0.4, 0.5) is 0 Å². The maximum Gasteiger partial charge on any atom is 0.295 e. The Labute approximate surface area is 243 Å². The fraction of sp³-hybridized carbons (Fsp3) is 0.312. The summed E-state index contributed by atoms with van der Waals surface area (Å²) < 4.78 is 12.2. The number of benzene rings is 3. The van der Waals surface area contributed by atoms with Gasteiger partial charge in [-0.15, -0.1) is 0 Å². The quantitative estimate of drug-likeness (QED) is 0.198. The molecule has 2 saturated heterocycles. The standard InChI is InChI=1S/C32H33BrN2O5/c1-22-4-2-5-23(20-22)21-40-27-12-8-25(9-13-27)30(36)28-29(24-6-10-26(33)11-7-24)35(32(38)31(28)37)15-3-14-34-16-18-39-19-17-34/h2,4-13,20,29,36H,3,14-19,21H2,1H3. The molecule has 2 fully saturated rings. The van der Waals surface area contributed by atoms with Gasteiger partial charge in [0.15, 0.2) is 0 Å². The van der Waals surface area contributed by atoms with Crippen LogP contribution in [-0.4, -0.2) is 66.0 Å². The molecule has 1 unspecified atom stereocenters. The van der Waals surface area contributed by atoms with E-state index in [4.69, 9.17) is 9.47 Å². The number of aryl methyl sites for hydroxylation is 1. The van der Waals surface area contributed by atoms with E-state index in [1.165, 1.54) is 5.56 Å². The molecule has 3 aromatic rings. The van der Waals surface area contributed by atoms with Gasteiger partial charge in [-0.25, -0.2) is 0 Å². The van der Waals surface area contributed by atoms with Crippen LogP contribution in [0, 0.1) is 6.92 Å².